The van der Waals surface area contributed by atoms with Gasteiger partial charge in [0.15, 0.2) is 0 Å². The van der Waals surface area contributed by atoms with Crippen LogP contribution in [0.4, 0.5) is 0 Å². The molecule has 0 aromatic rings. The lowest BCUT2D eigenvalue weighted by molar-refractivity contribution is 0.00651. The van der Waals surface area contributed by atoms with E-state index in [1.807, 2.05) is 0 Å². The van der Waals surface area contributed by atoms with Crippen LogP contribution in [0.5, 0.6) is 0 Å². The average Bonchev–Trinajstić information content (AvgIpc) is 2.02. The molecule has 2 aliphatic rings. The van der Waals surface area contributed by atoms with E-state index >= 15 is 0 Å². The molecule has 0 bridgehead atoms. The van der Waals surface area contributed by atoms with Gasteiger partial charge in [-0.3, -0.25) is 0 Å². The summed E-state index contributed by atoms with van der Waals surface area (Å²) in [4.78, 5) is 0. The zero-order valence-corrected chi connectivity index (χ0v) is 8.18. The van der Waals surface area contributed by atoms with Gasteiger partial charge in [0.05, 0.1) is 5.60 Å². The first-order valence-electron chi connectivity index (χ1n) is 5.45. The molecule has 1 aliphatic heterocycles. The highest BCUT2D eigenvalue weighted by Gasteiger charge is 2.30. The number of aliphatic hydroxyl groups is 1. The molecule has 1 heterocycles. The van der Waals surface area contributed by atoms with Gasteiger partial charge in [0.2, 0.25) is 0 Å². The lowest BCUT2D eigenvalue weighted by Crippen LogP contribution is -2.51. The molecule has 76 valence electrons. The number of hydrogen-bond acceptors (Lipinski definition) is 3. The van der Waals surface area contributed by atoms with E-state index in [4.69, 9.17) is 0 Å². The summed E-state index contributed by atoms with van der Waals surface area (Å²) < 4.78 is 0. The molecule has 13 heavy (non-hydrogen) atoms. The summed E-state index contributed by atoms with van der Waals surface area (Å²) in [5.74, 6) is 0. The smallest absolute Gasteiger partial charge is 0.0795 e. The molecule has 3 nitrogen and oxygen atoms in total. The van der Waals surface area contributed by atoms with Crippen molar-refractivity contribution in [2.45, 2.75) is 43.7 Å². The van der Waals surface area contributed by atoms with E-state index < -0.39 is 5.60 Å². The van der Waals surface area contributed by atoms with Gasteiger partial charge in [-0.2, -0.15) is 0 Å². The Morgan fingerprint density at radius 2 is 2.00 bits per heavy atom. The van der Waals surface area contributed by atoms with Crippen molar-refractivity contribution < 1.29 is 5.11 Å². The van der Waals surface area contributed by atoms with E-state index in [2.05, 4.69) is 10.6 Å². The maximum Gasteiger partial charge on any atom is 0.0795 e. The molecule has 3 N–H and O–H groups in total. The maximum atomic E-state index is 10.1. The summed E-state index contributed by atoms with van der Waals surface area (Å²) in [6.07, 6.45) is 5.75. The van der Waals surface area contributed by atoms with Crippen LogP contribution >= 0.6 is 0 Å². The second kappa shape index (κ2) is 3.95. The van der Waals surface area contributed by atoms with Crippen molar-refractivity contribution in [2.24, 2.45) is 0 Å². The van der Waals surface area contributed by atoms with Gasteiger partial charge in [0.1, 0.15) is 0 Å². The van der Waals surface area contributed by atoms with Crippen LogP contribution in [-0.2, 0) is 0 Å². The van der Waals surface area contributed by atoms with E-state index in [0.29, 0.717) is 6.04 Å². The van der Waals surface area contributed by atoms with Gasteiger partial charge in [-0.25, -0.2) is 0 Å². The summed E-state index contributed by atoms with van der Waals surface area (Å²) in [5.41, 5.74) is -0.430. The first-order valence-corrected chi connectivity index (χ1v) is 5.45. The predicted molar refractivity (Wildman–Crippen MR) is 52.7 cm³/mol. The average molecular weight is 184 g/mol. The van der Waals surface area contributed by atoms with Crippen LogP contribution in [-0.4, -0.2) is 36.4 Å². The Morgan fingerprint density at radius 3 is 2.54 bits per heavy atom. The highest BCUT2D eigenvalue weighted by molar-refractivity contribution is 4.88. The van der Waals surface area contributed by atoms with Crippen LogP contribution in [0.15, 0.2) is 0 Å². The van der Waals surface area contributed by atoms with Gasteiger partial charge in [0, 0.05) is 12.6 Å². The van der Waals surface area contributed by atoms with E-state index in [1.165, 1.54) is 19.3 Å². The Hall–Kier alpha value is -0.120. The van der Waals surface area contributed by atoms with Gasteiger partial charge in [-0.05, 0) is 38.8 Å². The Bertz CT molecular complexity index is 162. The van der Waals surface area contributed by atoms with Crippen molar-refractivity contribution >= 4 is 0 Å². The number of hydrogen-bond donors (Lipinski definition) is 3. The third-order valence-electron chi connectivity index (χ3n) is 3.36. The quantitative estimate of drug-likeness (QED) is 0.589. The Morgan fingerprint density at radius 1 is 1.31 bits per heavy atom. The minimum atomic E-state index is -0.430. The Balaban J connectivity index is 1.71. The van der Waals surface area contributed by atoms with Crippen molar-refractivity contribution in [3.05, 3.63) is 0 Å². The minimum Gasteiger partial charge on any atom is -0.388 e. The van der Waals surface area contributed by atoms with E-state index in [-0.39, 0.29) is 0 Å². The van der Waals surface area contributed by atoms with Crippen LogP contribution < -0.4 is 10.6 Å². The van der Waals surface area contributed by atoms with Crippen molar-refractivity contribution in [3.8, 4) is 0 Å². The maximum absolute atomic E-state index is 10.1. The lowest BCUT2D eigenvalue weighted by atomic mass is 9.89. The van der Waals surface area contributed by atoms with Crippen LogP contribution in [0.3, 0.4) is 0 Å². The van der Waals surface area contributed by atoms with Gasteiger partial charge in [-0.1, -0.05) is 6.42 Å². The SMILES string of the molecule is OC1(CNC2CCC2)CCNCC1. The van der Waals surface area contributed by atoms with Crippen LogP contribution in [0, 0.1) is 0 Å². The first-order chi connectivity index (χ1) is 6.29. The number of piperidine rings is 1. The molecule has 1 aliphatic carbocycles. The minimum absolute atomic E-state index is 0.430. The molecule has 0 spiro atoms. The molecule has 0 radical (unpaired) electrons. The van der Waals surface area contributed by atoms with E-state index in [9.17, 15) is 5.11 Å². The molecule has 1 saturated carbocycles. The summed E-state index contributed by atoms with van der Waals surface area (Å²) in [6, 6.07) is 0.693. The number of rotatable bonds is 3. The largest absolute Gasteiger partial charge is 0.388 e. The first kappa shape index (κ1) is 9.44. The fraction of sp³-hybridized carbons (Fsp3) is 1.00. The third-order valence-corrected chi connectivity index (χ3v) is 3.36. The lowest BCUT2D eigenvalue weighted by Gasteiger charge is -2.36. The second-order valence-corrected chi connectivity index (χ2v) is 4.48. The van der Waals surface area contributed by atoms with Gasteiger partial charge in [0.25, 0.3) is 0 Å². The van der Waals surface area contributed by atoms with Gasteiger partial charge >= 0.3 is 0 Å². The fourth-order valence-corrected chi connectivity index (χ4v) is 2.02. The molecule has 0 aromatic heterocycles. The molecule has 1 saturated heterocycles. The van der Waals surface area contributed by atoms with Gasteiger partial charge < -0.3 is 15.7 Å². The fourth-order valence-electron chi connectivity index (χ4n) is 2.02. The molecular formula is C10H20N2O. The zero-order chi connectivity index (χ0) is 9.15. The normalized spacial score (nSPS) is 28.4. The van der Waals surface area contributed by atoms with E-state index in [0.717, 1.165) is 32.5 Å². The number of nitrogens with one attached hydrogen (secondary N) is 2. The summed E-state index contributed by atoms with van der Waals surface area (Å²) >= 11 is 0. The summed E-state index contributed by atoms with van der Waals surface area (Å²) in [5, 5.41) is 16.9. The molecule has 0 unspecified atom stereocenters. The molecular weight excluding hydrogens is 164 g/mol. The topological polar surface area (TPSA) is 44.3 Å². The highest BCUT2D eigenvalue weighted by atomic mass is 16.3. The standard InChI is InChI=1S/C10H20N2O/c13-10(4-6-11-7-5-10)8-12-9-2-1-3-9/h9,11-13H,1-8H2. The van der Waals surface area contributed by atoms with Crippen molar-refractivity contribution in [1.82, 2.24) is 10.6 Å². The van der Waals surface area contributed by atoms with Crippen molar-refractivity contribution in [1.29, 1.82) is 0 Å². The van der Waals surface area contributed by atoms with Crippen molar-refractivity contribution in [3.63, 3.8) is 0 Å². The third kappa shape index (κ3) is 2.42. The van der Waals surface area contributed by atoms with Gasteiger partial charge in [-0.15, -0.1) is 0 Å². The van der Waals surface area contributed by atoms with Crippen LogP contribution in [0.25, 0.3) is 0 Å². The molecule has 3 heteroatoms. The van der Waals surface area contributed by atoms with E-state index in [1.54, 1.807) is 0 Å². The Labute approximate surface area is 79.9 Å². The zero-order valence-electron chi connectivity index (χ0n) is 8.18. The second-order valence-electron chi connectivity index (χ2n) is 4.48. The van der Waals surface area contributed by atoms with Crippen LogP contribution in [0.2, 0.25) is 0 Å². The summed E-state index contributed by atoms with van der Waals surface area (Å²) in [7, 11) is 0. The molecule has 2 rings (SSSR count). The van der Waals surface area contributed by atoms with Crippen LogP contribution in [0.1, 0.15) is 32.1 Å². The molecule has 0 aromatic carbocycles. The van der Waals surface area contributed by atoms with Crippen molar-refractivity contribution in [2.75, 3.05) is 19.6 Å². The monoisotopic (exact) mass is 184 g/mol. The predicted octanol–water partition coefficient (Wildman–Crippen LogP) is 0.243. The molecule has 0 atom stereocenters. The summed E-state index contributed by atoms with van der Waals surface area (Å²) in [6.45, 7) is 2.71. The molecule has 0 amide bonds. The Kier molecular flexibility index (Phi) is 2.86. The highest BCUT2D eigenvalue weighted by Crippen LogP contribution is 2.21. The molecule has 2 fully saturated rings.